The minimum absolute atomic E-state index is 0.317. The van der Waals surface area contributed by atoms with Gasteiger partial charge in [0.2, 0.25) is 0 Å². The Balaban J connectivity index is 2.36. The van der Waals surface area contributed by atoms with Crippen LogP contribution in [0.3, 0.4) is 0 Å². The largest absolute Gasteiger partial charge is 0.501 e. The fourth-order valence-electron chi connectivity index (χ4n) is 1.85. The van der Waals surface area contributed by atoms with E-state index in [4.69, 9.17) is 10.5 Å². The summed E-state index contributed by atoms with van der Waals surface area (Å²) in [6, 6.07) is 0.321. The molecular formula is C12H12F3NO. The Bertz CT molecular complexity index is 436. The SMILES string of the molecule is NC(C1=COCCC1)c1c(F)cc(F)cc1F. The van der Waals surface area contributed by atoms with Gasteiger partial charge in [-0.05, 0) is 18.4 Å². The molecule has 1 aromatic carbocycles. The number of halogens is 3. The first-order valence-corrected chi connectivity index (χ1v) is 5.30. The summed E-state index contributed by atoms with van der Waals surface area (Å²) in [5.74, 6) is -2.90. The summed E-state index contributed by atoms with van der Waals surface area (Å²) in [6.07, 6.45) is 2.80. The summed E-state index contributed by atoms with van der Waals surface area (Å²) < 4.78 is 44.8. The van der Waals surface area contributed by atoms with Gasteiger partial charge < -0.3 is 10.5 Å². The molecule has 0 saturated carbocycles. The van der Waals surface area contributed by atoms with Crippen LogP contribution in [0.15, 0.2) is 24.0 Å². The zero-order valence-corrected chi connectivity index (χ0v) is 9.05. The highest BCUT2D eigenvalue weighted by atomic mass is 19.1. The Hall–Kier alpha value is -1.49. The van der Waals surface area contributed by atoms with Crippen LogP contribution in [0.25, 0.3) is 0 Å². The number of ether oxygens (including phenoxy) is 1. The normalized spacial score (nSPS) is 17.3. The van der Waals surface area contributed by atoms with Gasteiger partial charge in [-0.2, -0.15) is 0 Å². The number of rotatable bonds is 2. The van der Waals surface area contributed by atoms with Gasteiger partial charge in [0.25, 0.3) is 0 Å². The van der Waals surface area contributed by atoms with Gasteiger partial charge in [0, 0.05) is 17.7 Å². The minimum Gasteiger partial charge on any atom is -0.501 e. The molecule has 0 aliphatic carbocycles. The highest BCUT2D eigenvalue weighted by Crippen LogP contribution is 2.29. The summed E-state index contributed by atoms with van der Waals surface area (Å²) in [5.41, 5.74) is 6.07. The van der Waals surface area contributed by atoms with Gasteiger partial charge in [0.15, 0.2) is 0 Å². The number of hydrogen-bond donors (Lipinski definition) is 1. The summed E-state index contributed by atoms with van der Waals surface area (Å²) in [4.78, 5) is 0. The van der Waals surface area contributed by atoms with Crippen LogP contribution in [0, 0.1) is 17.5 Å². The standard InChI is InChI=1S/C12H12F3NO/c13-8-4-9(14)11(10(15)5-8)12(16)7-2-1-3-17-6-7/h4-6,12H,1-3,16H2. The average Bonchev–Trinajstić information content (AvgIpc) is 2.28. The molecule has 92 valence electrons. The number of benzene rings is 1. The van der Waals surface area contributed by atoms with E-state index in [1.165, 1.54) is 6.26 Å². The van der Waals surface area contributed by atoms with E-state index in [0.717, 1.165) is 6.42 Å². The Labute approximate surface area is 96.9 Å². The van der Waals surface area contributed by atoms with Gasteiger partial charge in [-0.25, -0.2) is 13.2 Å². The second-order valence-electron chi connectivity index (χ2n) is 3.93. The average molecular weight is 243 g/mol. The van der Waals surface area contributed by atoms with Crippen LogP contribution in [0.2, 0.25) is 0 Å². The van der Waals surface area contributed by atoms with Crippen LogP contribution in [-0.4, -0.2) is 6.61 Å². The van der Waals surface area contributed by atoms with E-state index in [-0.39, 0.29) is 5.56 Å². The van der Waals surface area contributed by atoms with Gasteiger partial charge >= 0.3 is 0 Å². The lowest BCUT2D eigenvalue weighted by Gasteiger charge is -2.20. The van der Waals surface area contributed by atoms with E-state index in [0.29, 0.717) is 30.7 Å². The second-order valence-corrected chi connectivity index (χ2v) is 3.93. The van der Waals surface area contributed by atoms with Crippen LogP contribution in [0.5, 0.6) is 0 Å². The zero-order valence-electron chi connectivity index (χ0n) is 9.05. The summed E-state index contributed by atoms with van der Waals surface area (Å²) >= 11 is 0. The third kappa shape index (κ3) is 2.44. The molecule has 1 atom stereocenters. The molecule has 2 N–H and O–H groups in total. The van der Waals surface area contributed by atoms with E-state index in [1.807, 2.05) is 0 Å². The van der Waals surface area contributed by atoms with Gasteiger partial charge in [0.05, 0.1) is 18.9 Å². The van der Waals surface area contributed by atoms with Crippen molar-refractivity contribution in [3.8, 4) is 0 Å². The van der Waals surface area contributed by atoms with Crippen molar-refractivity contribution >= 4 is 0 Å². The monoisotopic (exact) mass is 243 g/mol. The van der Waals surface area contributed by atoms with Crippen molar-refractivity contribution in [3.63, 3.8) is 0 Å². The molecule has 0 spiro atoms. The van der Waals surface area contributed by atoms with Crippen molar-refractivity contribution in [3.05, 3.63) is 47.0 Å². The van der Waals surface area contributed by atoms with E-state index >= 15 is 0 Å². The van der Waals surface area contributed by atoms with Crippen LogP contribution in [0.1, 0.15) is 24.4 Å². The molecule has 1 aliphatic rings. The smallest absolute Gasteiger partial charge is 0.134 e. The predicted molar refractivity (Wildman–Crippen MR) is 56.5 cm³/mol. The molecule has 0 saturated heterocycles. The fraction of sp³-hybridized carbons (Fsp3) is 0.333. The Morgan fingerprint density at radius 1 is 1.18 bits per heavy atom. The van der Waals surface area contributed by atoms with Crippen molar-refractivity contribution in [2.75, 3.05) is 6.61 Å². The Kier molecular flexibility index (Phi) is 3.38. The third-order valence-electron chi connectivity index (χ3n) is 2.72. The fourth-order valence-corrected chi connectivity index (χ4v) is 1.85. The van der Waals surface area contributed by atoms with Crippen LogP contribution in [-0.2, 0) is 4.74 Å². The first-order chi connectivity index (χ1) is 8.09. The number of nitrogens with two attached hydrogens (primary N) is 1. The molecule has 0 radical (unpaired) electrons. The maximum atomic E-state index is 13.5. The van der Waals surface area contributed by atoms with Gasteiger partial charge in [-0.3, -0.25) is 0 Å². The molecule has 1 aromatic rings. The van der Waals surface area contributed by atoms with Crippen molar-refractivity contribution in [2.45, 2.75) is 18.9 Å². The van der Waals surface area contributed by atoms with Crippen LogP contribution in [0.4, 0.5) is 13.2 Å². The van der Waals surface area contributed by atoms with E-state index in [1.54, 1.807) is 0 Å². The highest BCUT2D eigenvalue weighted by molar-refractivity contribution is 5.30. The summed E-state index contributed by atoms with van der Waals surface area (Å²) in [6.45, 7) is 0.574. The molecule has 2 nitrogen and oxygen atoms in total. The first kappa shape index (κ1) is 12.0. The van der Waals surface area contributed by atoms with Crippen molar-refractivity contribution in [1.29, 1.82) is 0 Å². The summed E-state index contributed by atoms with van der Waals surface area (Å²) in [7, 11) is 0. The van der Waals surface area contributed by atoms with Gasteiger partial charge in [-0.15, -0.1) is 0 Å². The van der Waals surface area contributed by atoms with E-state index < -0.39 is 23.5 Å². The molecule has 1 aliphatic heterocycles. The quantitative estimate of drug-likeness (QED) is 0.866. The van der Waals surface area contributed by atoms with Gasteiger partial charge in [-0.1, -0.05) is 0 Å². The molecule has 1 heterocycles. The molecule has 2 rings (SSSR count). The molecule has 17 heavy (non-hydrogen) atoms. The molecule has 0 aromatic heterocycles. The minimum atomic E-state index is -0.971. The summed E-state index contributed by atoms with van der Waals surface area (Å²) in [5, 5.41) is 0. The topological polar surface area (TPSA) is 35.2 Å². The molecule has 0 fully saturated rings. The number of hydrogen-bond acceptors (Lipinski definition) is 2. The van der Waals surface area contributed by atoms with E-state index in [2.05, 4.69) is 0 Å². The molecular weight excluding hydrogens is 231 g/mol. The van der Waals surface area contributed by atoms with Crippen molar-refractivity contribution in [2.24, 2.45) is 5.73 Å². The zero-order chi connectivity index (χ0) is 12.4. The van der Waals surface area contributed by atoms with Crippen molar-refractivity contribution in [1.82, 2.24) is 0 Å². The second kappa shape index (κ2) is 4.79. The first-order valence-electron chi connectivity index (χ1n) is 5.30. The van der Waals surface area contributed by atoms with Gasteiger partial charge in [0.1, 0.15) is 17.5 Å². The van der Waals surface area contributed by atoms with Crippen LogP contribution >= 0.6 is 0 Å². The molecule has 5 heteroatoms. The molecule has 1 unspecified atom stereocenters. The molecule has 0 bridgehead atoms. The maximum Gasteiger partial charge on any atom is 0.134 e. The Morgan fingerprint density at radius 2 is 1.82 bits per heavy atom. The van der Waals surface area contributed by atoms with Crippen LogP contribution < -0.4 is 5.73 Å². The van der Waals surface area contributed by atoms with Crippen molar-refractivity contribution < 1.29 is 17.9 Å². The highest BCUT2D eigenvalue weighted by Gasteiger charge is 2.22. The molecule has 0 amide bonds. The lowest BCUT2D eigenvalue weighted by molar-refractivity contribution is 0.221. The lowest BCUT2D eigenvalue weighted by Crippen LogP contribution is -2.19. The Morgan fingerprint density at radius 3 is 2.35 bits per heavy atom. The lowest BCUT2D eigenvalue weighted by atomic mass is 9.95. The maximum absolute atomic E-state index is 13.5. The van der Waals surface area contributed by atoms with E-state index in [9.17, 15) is 13.2 Å². The predicted octanol–water partition coefficient (Wildman–Crippen LogP) is 2.80. The third-order valence-corrected chi connectivity index (χ3v) is 2.72.